The standard InChI is InChI=1S/C23H19FN4O3/c1-13-21-18(22(30)25-12-15-7-9-16(10-8-15)26-14(2)29)11-20(27-23(21)31-28-13)17-5-3-4-6-19(17)24/h3-11H,12H2,1-2H3,(H,25,30)(H,26,29). The highest BCUT2D eigenvalue weighted by atomic mass is 19.1. The lowest BCUT2D eigenvalue weighted by molar-refractivity contribution is -0.114. The van der Waals surface area contributed by atoms with E-state index in [1.165, 1.54) is 13.0 Å². The molecule has 2 aromatic heterocycles. The van der Waals surface area contributed by atoms with Crippen molar-refractivity contribution in [1.82, 2.24) is 15.5 Å². The molecule has 2 amide bonds. The van der Waals surface area contributed by atoms with E-state index >= 15 is 0 Å². The Bertz CT molecular complexity index is 1280. The summed E-state index contributed by atoms with van der Waals surface area (Å²) in [6, 6.07) is 14.9. The molecule has 0 aliphatic heterocycles. The summed E-state index contributed by atoms with van der Waals surface area (Å²) in [6.45, 7) is 3.42. The lowest BCUT2D eigenvalue weighted by atomic mass is 10.0. The van der Waals surface area contributed by atoms with Crippen LogP contribution in [0.5, 0.6) is 0 Å². The minimum atomic E-state index is -0.448. The molecule has 0 saturated carbocycles. The number of hydrogen-bond acceptors (Lipinski definition) is 5. The molecule has 31 heavy (non-hydrogen) atoms. The van der Waals surface area contributed by atoms with Crippen LogP contribution in [0.3, 0.4) is 0 Å². The number of fused-ring (bicyclic) bond motifs is 1. The summed E-state index contributed by atoms with van der Waals surface area (Å²) in [7, 11) is 0. The van der Waals surface area contributed by atoms with E-state index in [9.17, 15) is 14.0 Å². The van der Waals surface area contributed by atoms with E-state index < -0.39 is 5.82 Å². The molecule has 0 aliphatic rings. The average molecular weight is 418 g/mol. The predicted octanol–water partition coefficient (Wildman–Crippen LogP) is 4.23. The minimum Gasteiger partial charge on any atom is -0.348 e. The summed E-state index contributed by atoms with van der Waals surface area (Å²) < 4.78 is 19.5. The lowest BCUT2D eigenvalue weighted by Crippen LogP contribution is -2.23. The summed E-state index contributed by atoms with van der Waals surface area (Å²) in [4.78, 5) is 28.5. The van der Waals surface area contributed by atoms with E-state index in [4.69, 9.17) is 4.52 Å². The Morgan fingerprint density at radius 1 is 1.10 bits per heavy atom. The third-order valence-electron chi connectivity index (χ3n) is 4.74. The Balaban J connectivity index is 1.62. The van der Waals surface area contributed by atoms with Crippen LogP contribution < -0.4 is 10.6 Å². The van der Waals surface area contributed by atoms with Gasteiger partial charge in [-0.1, -0.05) is 29.4 Å². The van der Waals surface area contributed by atoms with Gasteiger partial charge in [0.15, 0.2) is 0 Å². The number of amides is 2. The Kier molecular flexibility index (Phi) is 5.44. The number of anilines is 1. The molecule has 0 unspecified atom stereocenters. The van der Waals surface area contributed by atoms with Gasteiger partial charge in [-0.25, -0.2) is 9.37 Å². The fraction of sp³-hybridized carbons (Fsp3) is 0.130. The van der Waals surface area contributed by atoms with Gasteiger partial charge in [-0.15, -0.1) is 0 Å². The van der Waals surface area contributed by atoms with Gasteiger partial charge in [-0.05, 0) is 42.8 Å². The van der Waals surface area contributed by atoms with Crippen LogP contribution >= 0.6 is 0 Å². The van der Waals surface area contributed by atoms with Gasteiger partial charge in [0.1, 0.15) is 5.82 Å². The number of carbonyl (C=O) groups excluding carboxylic acids is 2. The zero-order chi connectivity index (χ0) is 22.0. The Labute approximate surface area is 177 Å². The monoisotopic (exact) mass is 418 g/mol. The summed E-state index contributed by atoms with van der Waals surface area (Å²) in [5.41, 5.74) is 3.07. The molecular formula is C23H19FN4O3. The van der Waals surface area contributed by atoms with Crippen LogP contribution in [0.4, 0.5) is 10.1 Å². The molecule has 2 N–H and O–H groups in total. The van der Waals surface area contributed by atoms with Gasteiger partial charge in [0.2, 0.25) is 5.91 Å². The molecule has 7 nitrogen and oxygen atoms in total. The SMILES string of the molecule is CC(=O)Nc1ccc(CNC(=O)c2cc(-c3ccccc3F)nc3onc(C)c23)cc1. The quantitative estimate of drug-likeness (QED) is 0.506. The lowest BCUT2D eigenvalue weighted by Gasteiger charge is -2.09. The van der Waals surface area contributed by atoms with Gasteiger partial charge in [0.25, 0.3) is 11.6 Å². The van der Waals surface area contributed by atoms with Crippen molar-refractivity contribution in [2.24, 2.45) is 0 Å². The number of aromatic nitrogens is 2. The number of halogens is 1. The smallest absolute Gasteiger partial charge is 0.259 e. The number of carbonyl (C=O) groups is 2. The van der Waals surface area contributed by atoms with Crippen LogP contribution in [-0.4, -0.2) is 22.0 Å². The summed E-state index contributed by atoms with van der Waals surface area (Å²) in [5, 5.41) is 9.94. The van der Waals surface area contributed by atoms with Crippen molar-refractivity contribution in [2.75, 3.05) is 5.32 Å². The highest BCUT2D eigenvalue weighted by Crippen LogP contribution is 2.28. The topological polar surface area (TPSA) is 97.1 Å². The van der Waals surface area contributed by atoms with Gasteiger partial charge < -0.3 is 15.2 Å². The normalized spacial score (nSPS) is 10.8. The van der Waals surface area contributed by atoms with E-state index in [1.54, 1.807) is 43.3 Å². The molecule has 0 atom stereocenters. The fourth-order valence-electron chi connectivity index (χ4n) is 3.27. The largest absolute Gasteiger partial charge is 0.348 e. The number of aryl methyl sites for hydroxylation is 1. The predicted molar refractivity (Wildman–Crippen MR) is 114 cm³/mol. The first-order chi connectivity index (χ1) is 14.9. The number of nitrogens with one attached hydrogen (secondary N) is 2. The average Bonchev–Trinajstić information content (AvgIpc) is 3.13. The fourth-order valence-corrected chi connectivity index (χ4v) is 3.27. The van der Waals surface area contributed by atoms with Crippen LogP contribution in [0.25, 0.3) is 22.4 Å². The van der Waals surface area contributed by atoms with Gasteiger partial charge in [0, 0.05) is 24.7 Å². The molecule has 0 saturated heterocycles. The van der Waals surface area contributed by atoms with Crippen molar-refractivity contribution in [3.8, 4) is 11.3 Å². The first-order valence-corrected chi connectivity index (χ1v) is 9.59. The second-order valence-electron chi connectivity index (χ2n) is 7.04. The number of rotatable bonds is 5. The van der Waals surface area contributed by atoms with Crippen molar-refractivity contribution in [3.05, 3.63) is 77.2 Å². The van der Waals surface area contributed by atoms with E-state index in [0.717, 1.165) is 5.56 Å². The van der Waals surface area contributed by atoms with Crippen LogP contribution in [-0.2, 0) is 11.3 Å². The van der Waals surface area contributed by atoms with Crippen molar-refractivity contribution < 1.29 is 18.5 Å². The maximum Gasteiger partial charge on any atom is 0.259 e. The van der Waals surface area contributed by atoms with Gasteiger partial charge >= 0.3 is 0 Å². The van der Waals surface area contributed by atoms with E-state index in [0.29, 0.717) is 22.3 Å². The third-order valence-corrected chi connectivity index (χ3v) is 4.74. The van der Waals surface area contributed by atoms with Crippen molar-refractivity contribution in [2.45, 2.75) is 20.4 Å². The highest BCUT2D eigenvalue weighted by molar-refractivity contribution is 6.07. The molecule has 0 radical (unpaired) electrons. The van der Waals surface area contributed by atoms with E-state index in [-0.39, 0.29) is 35.3 Å². The van der Waals surface area contributed by atoms with E-state index in [2.05, 4.69) is 20.8 Å². The van der Waals surface area contributed by atoms with Crippen LogP contribution in [0.2, 0.25) is 0 Å². The van der Waals surface area contributed by atoms with Crippen LogP contribution in [0.15, 0.2) is 59.1 Å². The molecule has 4 rings (SSSR count). The third kappa shape index (κ3) is 4.28. The van der Waals surface area contributed by atoms with Gasteiger partial charge in [-0.2, -0.15) is 0 Å². The first kappa shape index (κ1) is 20.2. The molecule has 0 bridgehead atoms. The Morgan fingerprint density at radius 2 is 1.84 bits per heavy atom. The second kappa shape index (κ2) is 8.35. The molecule has 0 fully saturated rings. The maximum absolute atomic E-state index is 14.3. The number of pyridine rings is 1. The van der Waals surface area contributed by atoms with Crippen LogP contribution in [0, 0.1) is 12.7 Å². The summed E-state index contributed by atoms with van der Waals surface area (Å²) >= 11 is 0. The van der Waals surface area contributed by atoms with E-state index in [1.807, 2.05) is 12.1 Å². The van der Waals surface area contributed by atoms with Gasteiger partial charge in [0.05, 0.1) is 22.3 Å². The maximum atomic E-state index is 14.3. The zero-order valence-electron chi connectivity index (χ0n) is 16.9. The minimum absolute atomic E-state index is 0.155. The Morgan fingerprint density at radius 3 is 2.55 bits per heavy atom. The molecular weight excluding hydrogens is 399 g/mol. The zero-order valence-corrected chi connectivity index (χ0v) is 16.9. The van der Waals surface area contributed by atoms with Gasteiger partial charge in [-0.3, -0.25) is 9.59 Å². The molecule has 2 aromatic carbocycles. The van der Waals surface area contributed by atoms with Crippen molar-refractivity contribution in [3.63, 3.8) is 0 Å². The van der Waals surface area contributed by atoms with Crippen LogP contribution in [0.1, 0.15) is 28.5 Å². The molecule has 8 heteroatoms. The number of nitrogens with zero attached hydrogens (tertiary/aromatic N) is 2. The first-order valence-electron chi connectivity index (χ1n) is 9.59. The summed E-state index contributed by atoms with van der Waals surface area (Å²) in [5.74, 6) is -0.962. The molecule has 4 aromatic rings. The second-order valence-corrected chi connectivity index (χ2v) is 7.04. The molecule has 2 heterocycles. The number of benzene rings is 2. The number of hydrogen-bond donors (Lipinski definition) is 2. The molecule has 0 aliphatic carbocycles. The van der Waals surface area contributed by atoms with Crippen molar-refractivity contribution in [1.29, 1.82) is 0 Å². The highest BCUT2D eigenvalue weighted by Gasteiger charge is 2.20. The molecule has 0 spiro atoms. The molecule has 156 valence electrons. The van der Waals surface area contributed by atoms with Crippen molar-refractivity contribution >= 4 is 28.6 Å². The Hall–Kier alpha value is -4.07. The summed E-state index contributed by atoms with van der Waals surface area (Å²) in [6.07, 6.45) is 0.